The van der Waals surface area contributed by atoms with Gasteiger partial charge in [0.1, 0.15) is 17.2 Å². The van der Waals surface area contributed by atoms with E-state index in [2.05, 4.69) is 30.6 Å². The van der Waals surface area contributed by atoms with Crippen LogP contribution in [0.5, 0.6) is 0 Å². The van der Waals surface area contributed by atoms with Gasteiger partial charge in [0.2, 0.25) is 15.9 Å². The summed E-state index contributed by atoms with van der Waals surface area (Å²) in [7, 11) is -0.424. The number of nitrogens with zero attached hydrogens (tertiary/aromatic N) is 5. The van der Waals surface area contributed by atoms with Gasteiger partial charge in [0.25, 0.3) is 6.43 Å². The van der Waals surface area contributed by atoms with Crippen LogP contribution in [0.25, 0.3) is 22.6 Å². The summed E-state index contributed by atoms with van der Waals surface area (Å²) >= 11 is 0. The number of anilines is 4. The monoisotopic (exact) mass is 544 g/mol. The second-order valence-corrected chi connectivity index (χ2v) is 11.4. The number of hydrogen-bond donors (Lipinski definition) is 3. The number of hydrogen-bond acceptors (Lipinski definition) is 7. The van der Waals surface area contributed by atoms with Crippen molar-refractivity contribution in [1.29, 1.82) is 0 Å². The molecule has 3 N–H and O–H groups in total. The van der Waals surface area contributed by atoms with Crippen LogP contribution < -0.4 is 14.9 Å². The fourth-order valence-corrected chi connectivity index (χ4v) is 4.60. The summed E-state index contributed by atoms with van der Waals surface area (Å²) in [6.07, 6.45) is 1.62. The van der Waals surface area contributed by atoms with Crippen LogP contribution in [-0.4, -0.2) is 52.1 Å². The van der Waals surface area contributed by atoms with E-state index in [0.717, 1.165) is 29.1 Å². The Labute approximate surface area is 217 Å². The highest BCUT2D eigenvalue weighted by molar-refractivity contribution is 7.92. The standard InChI is InChI=1S/C24H26F2N8O3S/c1-12-11-33(2)23(27-12)14-7-8-15(17(9-14)34(3)38(4,36)37)28-16-10-18(30-24(35)13-5-6-13)29-21-19(16)31-22(32-21)20(25)26/h7-11,13,20H,5-6H2,1-4H3,(H3,28,29,30,31,32,35). The number of aromatic nitrogens is 5. The number of fused-ring (bicyclic) bond motifs is 1. The van der Waals surface area contributed by atoms with Gasteiger partial charge in [-0.15, -0.1) is 0 Å². The third kappa shape index (κ3) is 5.03. The number of halogens is 2. The zero-order valence-electron chi connectivity index (χ0n) is 21.1. The summed E-state index contributed by atoms with van der Waals surface area (Å²) in [5.41, 5.74) is 2.55. The van der Waals surface area contributed by atoms with Gasteiger partial charge in [-0.2, -0.15) is 0 Å². The lowest BCUT2D eigenvalue weighted by Gasteiger charge is -2.22. The molecule has 3 heterocycles. The number of pyridine rings is 1. The van der Waals surface area contributed by atoms with Crippen molar-refractivity contribution in [2.24, 2.45) is 13.0 Å². The molecule has 1 saturated carbocycles. The number of sulfonamides is 1. The van der Waals surface area contributed by atoms with Crippen LogP contribution in [0.3, 0.4) is 0 Å². The summed E-state index contributed by atoms with van der Waals surface area (Å²) in [6, 6.07) is 6.60. The third-order valence-electron chi connectivity index (χ3n) is 6.24. The smallest absolute Gasteiger partial charge is 0.295 e. The van der Waals surface area contributed by atoms with Crippen molar-refractivity contribution >= 4 is 50.0 Å². The average Bonchev–Trinajstić information content (AvgIpc) is 3.51. The first-order chi connectivity index (χ1) is 17.9. The summed E-state index contributed by atoms with van der Waals surface area (Å²) in [6.45, 7) is 1.86. The van der Waals surface area contributed by atoms with Crippen molar-refractivity contribution in [3.05, 3.63) is 42.0 Å². The van der Waals surface area contributed by atoms with Crippen molar-refractivity contribution in [2.75, 3.05) is 28.2 Å². The predicted molar refractivity (Wildman–Crippen MR) is 140 cm³/mol. The number of benzene rings is 1. The Balaban J connectivity index is 1.62. The van der Waals surface area contributed by atoms with E-state index in [9.17, 15) is 22.0 Å². The normalized spacial score (nSPS) is 13.8. The maximum atomic E-state index is 13.4. The number of nitrogens with one attached hydrogen (secondary N) is 3. The minimum Gasteiger partial charge on any atom is -0.352 e. The van der Waals surface area contributed by atoms with Crippen LogP contribution in [-0.2, 0) is 21.9 Å². The number of alkyl halides is 2. The summed E-state index contributed by atoms with van der Waals surface area (Å²) in [5, 5.41) is 5.84. The van der Waals surface area contributed by atoms with Crippen LogP contribution in [0.1, 0.15) is 30.8 Å². The number of aromatic amines is 1. The lowest BCUT2D eigenvalue weighted by atomic mass is 10.1. The van der Waals surface area contributed by atoms with Crippen LogP contribution >= 0.6 is 0 Å². The molecule has 3 aromatic heterocycles. The number of aryl methyl sites for hydroxylation is 2. The highest BCUT2D eigenvalue weighted by atomic mass is 32.2. The lowest BCUT2D eigenvalue weighted by Crippen LogP contribution is -2.25. The highest BCUT2D eigenvalue weighted by Gasteiger charge is 2.30. The first kappa shape index (κ1) is 25.6. The molecule has 0 unspecified atom stereocenters. The second kappa shape index (κ2) is 9.35. The van der Waals surface area contributed by atoms with E-state index in [-0.39, 0.29) is 34.5 Å². The molecule has 0 spiro atoms. The molecule has 0 radical (unpaired) electrons. The topological polar surface area (TPSA) is 138 Å². The molecule has 1 fully saturated rings. The van der Waals surface area contributed by atoms with Gasteiger partial charge in [-0.3, -0.25) is 9.10 Å². The molecule has 0 aliphatic heterocycles. The number of amides is 1. The van der Waals surface area contributed by atoms with Gasteiger partial charge < -0.3 is 20.2 Å². The Hall–Kier alpha value is -4.07. The van der Waals surface area contributed by atoms with E-state index in [1.165, 1.54) is 13.1 Å². The lowest BCUT2D eigenvalue weighted by molar-refractivity contribution is -0.117. The molecular weight excluding hydrogens is 518 g/mol. The van der Waals surface area contributed by atoms with Crippen LogP contribution in [0.2, 0.25) is 0 Å². The molecule has 1 amide bonds. The van der Waals surface area contributed by atoms with Crippen molar-refractivity contribution in [2.45, 2.75) is 26.2 Å². The van der Waals surface area contributed by atoms with E-state index in [4.69, 9.17) is 0 Å². The molecule has 1 aromatic carbocycles. The molecule has 14 heteroatoms. The number of imidazole rings is 2. The van der Waals surface area contributed by atoms with Crippen molar-refractivity contribution in [1.82, 2.24) is 24.5 Å². The molecule has 0 bridgehead atoms. The maximum absolute atomic E-state index is 13.4. The third-order valence-corrected chi connectivity index (χ3v) is 7.43. The number of carbonyl (C=O) groups is 1. The molecule has 4 aromatic rings. The van der Waals surface area contributed by atoms with Gasteiger partial charge in [0, 0.05) is 37.8 Å². The molecule has 1 aliphatic rings. The van der Waals surface area contributed by atoms with Gasteiger partial charge in [-0.05, 0) is 38.0 Å². The Morgan fingerprint density at radius 2 is 1.92 bits per heavy atom. The zero-order valence-corrected chi connectivity index (χ0v) is 21.9. The van der Waals surface area contributed by atoms with E-state index in [0.29, 0.717) is 22.8 Å². The Morgan fingerprint density at radius 3 is 2.53 bits per heavy atom. The summed E-state index contributed by atoms with van der Waals surface area (Å²) in [5.74, 6) is -0.0830. The second-order valence-electron chi connectivity index (χ2n) is 9.34. The first-order valence-corrected chi connectivity index (χ1v) is 13.6. The predicted octanol–water partition coefficient (Wildman–Crippen LogP) is 4.09. The fraction of sp³-hybridized carbons (Fsp3) is 0.333. The van der Waals surface area contributed by atoms with Crippen LogP contribution in [0.15, 0.2) is 30.5 Å². The number of carbonyl (C=O) groups excluding carboxylic acids is 1. The van der Waals surface area contributed by atoms with E-state index in [1.54, 1.807) is 18.2 Å². The largest absolute Gasteiger partial charge is 0.352 e. The molecule has 11 nitrogen and oxygen atoms in total. The Bertz CT molecular complexity index is 1660. The molecule has 0 atom stereocenters. The Morgan fingerprint density at radius 1 is 1.18 bits per heavy atom. The molecule has 0 saturated heterocycles. The van der Waals surface area contributed by atoms with E-state index in [1.807, 2.05) is 24.7 Å². The van der Waals surface area contributed by atoms with Gasteiger partial charge in [0.15, 0.2) is 11.5 Å². The van der Waals surface area contributed by atoms with Crippen molar-refractivity contribution in [3.63, 3.8) is 0 Å². The van der Waals surface area contributed by atoms with Gasteiger partial charge in [-0.25, -0.2) is 32.2 Å². The summed E-state index contributed by atoms with van der Waals surface area (Å²) in [4.78, 5) is 27.6. The van der Waals surface area contributed by atoms with Crippen molar-refractivity contribution < 1.29 is 22.0 Å². The molecule has 200 valence electrons. The fourth-order valence-electron chi connectivity index (χ4n) is 4.09. The van der Waals surface area contributed by atoms with Gasteiger partial charge in [0.05, 0.1) is 29.0 Å². The maximum Gasteiger partial charge on any atom is 0.295 e. The van der Waals surface area contributed by atoms with Crippen LogP contribution in [0.4, 0.5) is 31.7 Å². The Kier molecular flexibility index (Phi) is 6.29. The van der Waals surface area contributed by atoms with Crippen LogP contribution in [0, 0.1) is 12.8 Å². The average molecular weight is 545 g/mol. The zero-order chi connectivity index (χ0) is 27.4. The van der Waals surface area contributed by atoms with Gasteiger partial charge >= 0.3 is 0 Å². The first-order valence-electron chi connectivity index (χ1n) is 11.8. The highest BCUT2D eigenvalue weighted by Crippen LogP contribution is 2.37. The van der Waals surface area contributed by atoms with Gasteiger partial charge in [-0.1, -0.05) is 0 Å². The minimum atomic E-state index is -3.67. The molecular formula is C24H26F2N8O3S. The van der Waals surface area contributed by atoms with E-state index >= 15 is 0 Å². The summed E-state index contributed by atoms with van der Waals surface area (Å²) < 4.78 is 54.8. The SMILES string of the molecule is Cc1cn(C)c(-c2ccc(Nc3cc(NC(=O)C4CC4)nc4[nH]c(C(F)F)nc34)c(N(C)S(C)(=O)=O)c2)n1. The van der Waals surface area contributed by atoms with Crippen molar-refractivity contribution in [3.8, 4) is 11.4 Å². The minimum absolute atomic E-state index is 0.0505. The quantitative estimate of drug-likeness (QED) is 0.304. The molecule has 1 aliphatic carbocycles. The molecule has 38 heavy (non-hydrogen) atoms. The number of rotatable bonds is 8. The molecule has 5 rings (SSSR count). The van der Waals surface area contributed by atoms with E-state index < -0.39 is 22.3 Å². The number of H-pyrrole nitrogens is 1.